The SMILES string of the molecule is CC(C)C1CCN(c2c(F)cc(CNC3CC3)cc2F)C1. The van der Waals surface area contributed by atoms with Gasteiger partial charge in [-0.3, -0.25) is 0 Å². The Morgan fingerprint density at radius 2 is 1.86 bits per heavy atom. The molecule has 1 aliphatic carbocycles. The molecule has 1 atom stereocenters. The van der Waals surface area contributed by atoms with Gasteiger partial charge in [0.05, 0.1) is 0 Å². The molecule has 1 heterocycles. The Morgan fingerprint density at radius 3 is 2.38 bits per heavy atom. The van der Waals surface area contributed by atoms with E-state index in [1.165, 1.54) is 25.0 Å². The Morgan fingerprint density at radius 1 is 1.19 bits per heavy atom. The molecule has 2 nitrogen and oxygen atoms in total. The first kappa shape index (κ1) is 14.8. The quantitative estimate of drug-likeness (QED) is 0.891. The molecule has 2 fully saturated rings. The molecule has 0 bridgehead atoms. The first-order valence-corrected chi connectivity index (χ1v) is 8.01. The fourth-order valence-electron chi connectivity index (χ4n) is 3.11. The summed E-state index contributed by atoms with van der Waals surface area (Å²) in [5.41, 5.74) is 0.855. The van der Waals surface area contributed by atoms with Crippen LogP contribution in [0.1, 0.15) is 38.7 Å². The molecule has 2 aliphatic rings. The van der Waals surface area contributed by atoms with E-state index in [1.54, 1.807) is 0 Å². The van der Waals surface area contributed by atoms with Crippen molar-refractivity contribution in [3.63, 3.8) is 0 Å². The molecule has 4 heteroatoms. The fraction of sp³-hybridized carbons (Fsp3) is 0.647. The second-order valence-electron chi connectivity index (χ2n) is 6.80. The van der Waals surface area contributed by atoms with Crippen LogP contribution in [0.25, 0.3) is 0 Å². The van der Waals surface area contributed by atoms with E-state index < -0.39 is 11.6 Å². The Hall–Kier alpha value is -1.16. The Balaban J connectivity index is 1.73. The summed E-state index contributed by atoms with van der Waals surface area (Å²) in [6.45, 7) is 6.40. The zero-order valence-electron chi connectivity index (χ0n) is 12.8. The highest BCUT2D eigenvalue weighted by Crippen LogP contribution is 2.32. The summed E-state index contributed by atoms with van der Waals surface area (Å²) >= 11 is 0. The van der Waals surface area contributed by atoms with Gasteiger partial charge in [-0.1, -0.05) is 13.8 Å². The topological polar surface area (TPSA) is 15.3 Å². The normalized spacial score (nSPS) is 22.3. The molecule has 1 unspecified atom stereocenters. The summed E-state index contributed by atoms with van der Waals surface area (Å²) in [6.07, 6.45) is 3.36. The molecule has 1 N–H and O–H groups in total. The van der Waals surface area contributed by atoms with Gasteiger partial charge in [0.25, 0.3) is 0 Å². The molecule has 1 aromatic rings. The third kappa shape index (κ3) is 3.37. The molecule has 3 rings (SSSR count). The number of hydrogen-bond acceptors (Lipinski definition) is 2. The largest absolute Gasteiger partial charge is 0.366 e. The predicted octanol–water partition coefficient (Wildman–Crippen LogP) is 3.70. The molecule has 0 radical (unpaired) electrons. The Labute approximate surface area is 125 Å². The number of hydrogen-bond donors (Lipinski definition) is 1. The highest BCUT2D eigenvalue weighted by Gasteiger charge is 2.29. The van der Waals surface area contributed by atoms with Crippen molar-refractivity contribution < 1.29 is 8.78 Å². The van der Waals surface area contributed by atoms with Crippen LogP contribution < -0.4 is 10.2 Å². The van der Waals surface area contributed by atoms with E-state index in [-0.39, 0.29) is 5.69 Å². The lowest BCUT2D eigenvalue weighted by Crippen LogP contribution is -2.24. The van der Waals surface area contributed by atoms with E-state index in [1.807, 2.05) is 4.90 Å². The van der Waals surface area contributed by atoms with Gasteiger partial charge in [0.15, 0.2) is 0 Å². The maximum atomic E-state index is 14.3. The highest BCUT2D eigenvalue weighted by atomic mass is 19.1. The molecule has 116 valence electrons. The summed E-state index contributed by atoms with van der Waals surface area (Å²) in [7, 11) is 0. The van der Waals surface area contributed by atoms with Crippen LogP contribution >= 0.6 is 0 Å². The molecular formula is C17H24F2N2. The van der Waals surface area contributed by atoms with Crippen LogP contribution in [-0.4, -0.2) is 19.1 Å². The van der Waals surface area contributed by atoms with Crippen molar-refractivity contribution in [3.05, 3.63) is 29.3 Å². The monoisotopic (exact) mass is 294 g/mol. The Bertz CT molecular complexity index is 489. The average molecular weight is 294 g/mol. The van der Waals surface area contributed by atoms with Gasteiger partial charge in [-0.2, -0.15) is 0 Å². The van der Waals surface area contributed by atoms with E-state index in [0.29, 0.717) is 30.0 Å². The number of nitrogens with zero attached hydrogens (tertiary/aromatic N) is 1. The van der Waals surface area contributed by atoms with Crippen LogP contribution in [0.3, 0.4) is 0 Å². The van der Waals surface area contributed by atoms with Crippen LogP contribution in [0.5, 0.6) is 0 Å². The summed E-state index contributed by atoms with van der Waals surface area (Å²) < 4.78 is 28.6. The standard InChI is InChI=1S/C17H24F2N2/c1-11(2)13-5-6-21(10-13)17-15(18)7-12(8-16(17)19)9-20-14-3-4-14/h7-8,11,13-14,20H,3-6,9-10H2,1-2H3. The zero-order chi connectivity index (χ0) is 15.0. The highest BCUT2D eigenvalue weighted by molar-refractivity contribution is 5.51. The summed E-state index contributed by atoms with van der Waals surface area (Å²) in [4.78, 5) is 1.87. The second-order valence-corrected chi connectivity index (χ2v) is 6.80. The van der Waals surface area contributed by atoms with Crippen molar-refractivity contribution in [2.45, 2.75) is 45.7 Å². The van der Waals surface area contributed by atoms with Crippen molar-refractivity contribution in [3.8, 4) is 0 Å². The van der Waals surface area contributed by atoms with Crippen molar-refractivity contribution in [2.75, 3.05) is 18.0 Å². The predicted molar refractivity (Wildman–Crippen MR) is 81.4 cm³/mol. The minimum atomic E-state index is -0.424. The lowest BCUT2D eigenvalue weighted by molar-refractivity contribution is 0.422. The van der Waals surface area contributed by atoms with Crippen molar-refractivity contribution in [1.29, 1.82) is 0 Å². The lowest BCUT2D eigenvalue weighted by atomic mass is 9.95. The first-order chi connectivity index (χ1) is 10.0. The number of rotatable bonds is 5. The third-order valence-corrected chi connectivity index (χ3v) is 4.73. The van der Waals surface area contributed by atoms with E-state index in [2.05, 4.69) is 19.2 Å². The van der Waals surface area contributed by atoms with E-state index >= 15 is 0 Å². The third-order valence-electron chi connectivity index (χ3n) is 4.73. The summed E-state index contributed by atoms with van der Waals surface area (Å²) in [5.74, 6) is 0.238. The molecule has 0 spiro atoms. The van der Waals surface area contributed by atoms with E-state index in [0.717, 1.165) is 19.5 Å². The zero-order valence-corrected chi connectivity index (χ0v) is 12.8. The van der Waals surface area contributed by atoms with Gasteiger partial charge in [0.2, 0.25) is 0 Å². The van der Waals surface area contributed by atoms with Gasteiger partial charge >= 0.3 is 0 Å². The molecular weight excluding hydrogens is 270 g/mol. The summed E-state index contributed by atoms with van der Waals surface area (Å²) in [6, 6.07) is 3.51. The first-order valence-electron chi connectivity index (χ1n) is 8.01. The van der Waals surface area contributed by atoms with Gasteiger partial charge < -0.3 is 10.2 Å². The number of anilines is 1. The van der Waals surface area contributed by atoms with Gasteiger partial charge in [-0.25, -0.2) is 8.78 Å². The minimum absolute atomic E-state index is 0.160. The molecule has 1 saturated carbocycles. The lowest BCUT2D eigenvalue weighted by Gasteiger charge is -2.22. The van der Waals surface area contributed by atoms with Gasteiger partial charge in [-0.05, 0) is 48.8 Å². The average Bonchev–Trinajstić information content (AvgIpc) is 3.12. The van der Waals surface area contributed by atoms with Crippen LogP contribution in [0.2, 0.25) is 0 Å². The number of benzene rings is 1. The smallest absolute Gasteiger partial charge is 0.149 e. The maximum Gasteiger partial charge on any atom is 0.149 e. The molecule has 1 aromatic carbocycles. The van der Waals surface area contributed by atoms with Crippen LogP contribution in [0, 0.1) is 23.5 Å². The maximum absolute atomic E-state index is 14.3. The molecule has 0 aromatic heterocycles. The van der Waals surface area contributed by atoms with E-state index in [4.69, 9.17) is 0 Å². The molecule has 1 aliphatic heterocycles. The van der Waals surface area contributed by atoms with Crippen LogP contribution in [0.15, 0.2) is 12.1 Å². The minimum Gasteiger partial charge on any atom is -0.366 e. The molecule has 1 saturated heterocycles. The van der Waals surface area contributed by atoms with Crippen LogP contribution in [0.4, 0.5) is 14.5 Å². The second kappa shape index (κ2) is 5.91. The van der Waals surface area contributed by atoms with Crippen molar-refractivity contribution in [1.82, 2.24) is 5.32 Å². The van der Waals surface area contributed by atoms with E-state index in [9.17, 15) is 8.78 Å². The van der Waals surface area contributed by atoms with Crippen molar-refractivity contribution >= 4 is 5.69 Å². The van der Waals surface area contributed by atoms with Gasteiger partial charge in [-0.15, -0.1) is 0 Å². The fourth-order valence-corrected chi connectivity index (χ4v) is 3.11. The summed E-state index contributed by atoms with van der Waals surface area (Å²) in [5, 5.41) is 3.29. The number of halogens is 2. The molecule has 21 heavy (non-hydrogen) atoms. The van der Waals surface area contributed by atoms with Gasteiger partial charge in [0, 0.05) is 25.7 Å². The van der Waals surface area contributed by atoms with Crippen LogP contribution in [-0.2, 0) is 6.54 Å². The van der Waals surface area contributed by atoms with Crippen molar-refractivity contribution in [2.24, 2.45) is 11.8 Å². The number of nitrogens with one attached hydrogen (secondary N) is 1. The van der Waals surface area contributed by atoms with Gasteiger partial charge in [0.1, 0.15) is 17.3 Å². The Kier molecular flexibility index (Phi) is 4.16. The molecule has 0 amide bonds.